The lowest BCUT2D eigenvalue weighted by molar-refractivity contribution is 0.345. The summed E-state index contributed by atoms with van der Waals surface area (Å²) in [6.45, 7) is 0.764. The number of fused-ring (bicyclic) bond motifs is 1. The molecule has 1 aromatic heterocycles. The SMILES string of the molecule is c1ccc(-c2ccc3c(n2)OCC3)cc1. The van der Waals surface area contributed by atoms with Gasteiger partial charge in [0.2, 0.25) is 5.88 Å². The predicted molar refractivity (Wildman–Crippen MR) is 58.9 cm³/mol. The van der Waals surface area contributed by atoms with Crippen molar-refractivity contribution in [1.82, 2.24) is 4.98 Å². The molecule has 0 radical (unpaired) electrons. The van der Waals surface area contributed by atoms with Crippen molar-refractivity contribution in [1.29, 1.82) is 0 Å². The number of benzene rings is 1. The summed E-state index contributed by atoms with van der Waals surface area (Å²) in [7, 11) is 0. The first kappa shape index (κ1) is 8.48. The molecule has 15 heavy (non-hydrogen) atoms. The van der Waals surface area contributed by atoms with Crippen LogP contribution < -0.4 is 4.74 Å². The third kappa shape index (κ3) is 1.48. The Labute approximate surface area is 88.5 Å². The fourth-order valence-electron chi connectivity index (χ4n) is 1.81. The maximum absolute atomic E-state index is 5.45. The molecular weight excluding hydrogens is 186 g/mol. The van der Waals surface area contributed by atoms with Gasteiger partial charge in [0, 0.05) is 17.5 Å². The number of aromatic nitrogens is 1. The van der Waals surface area contributed by atoms with E-state index in [4.69, 9.17) is 4.74 Å². The Morgan fingerprint density at radius 3 is 2.73 bits per heavy atom. The first-order chi connectivity index (χ1) is 7.43. The molecule has 3 rings (SSSR count). The molecule has 0 saturated heterocycles. The number of nitrogens with zero attached hydrogens (tertiary/aromatic N) is 1. The number of ether oxygens (including phenoxy) is 1. The first-order valence-corrected chi connectivity index (χ1v) is 5.11. The lowest BCUT2D eigenvalue weighted by atomic mass is 10.1. The van der Waals surface area contributed by atoms with Crippen molar-refractivity contribution in [3.63, 3.8) is 0 Å². The number of rotatable bonds is 1. The summed E-state index contributed by atoms with van der Waals surface area (Å²) < 4.78 is 5.45. The summed E-state index contributed by atoms with van der Waals surface area (Å²) in [5.74, 6) is 0.802. The monoisotopic (exact) mass is 197 g/mol. The Morgan fingerprint density at radius 1 is 1.00 bits per heavy atom. The molecule has 74 valence electrons. The van der Waals surface area contributed by atoms with Crippen LogP contribution in [0.2, 0.25) is 0 Å². The Hall–Kier alpha value is -1.83. The van der Waals surface area contributed by atoms with Crippen molar-refractivity contribution >= 4 is 0 Å². The van der Waals surface area contributed by atoms with Crippen LogP contribution in [0, 0.1) is 0 Å². The molecule has 0 atom stereocenters. The highest BCUT2D eigenvalue weighted by atomic mass is 16.5. The van der Waals surface area contributed by atoms with Gasteiger partial charge in [-0.15, -0.1) is 0 Å². The lowest BCUT2D eigenvalue weighted by Gasteiger charge is -2.02. The zero-order valence-electron chi connectivity index (χ0n) is 8.31. The fraction of sp³-hybridized carbons (Fsp3) is 0.154. The quantitative estimate of drug-likeness (QED) is 0.701. The van der Waals surface area contributed by atoms with E-state index in [1.807, 2.05) is 18.2 Å². The van der Waals surface area contributed by atoms with Crippen LogP contribution in [-0.4, -0.2) is 11.6 Å². The molecule has 2 heterocycles. The van der Waals surface area contributed by atoms with Gasteiger partial charge in [-0.3, -0.25) is 0 Å². The summed E-state index contributed by atoms with van der Waals surface area (Å²) in [6, 6.07) is 14.3. The van der Waals surface area contributed by atoms with E-state index in [0.29, 0.717) is 0 Å². The van der Waals surface area contributed by atoms with Gasteiger partial charge in [-0.05, 0) is 6.07 Å². The zero-order chi connectivity index (χ0) is 10.1. The molecule has 0 saturated carbocycles. The molecule has 0 N–H and O–H groups in total. The molecule has 1 aliphatic rings. The van der Waals surface area contributed by atoms with Crippen LogP contribution in [0.25, 0.3) is 11.3 Å². The number of hydrogen-bond donors (Lipinski definition) is 0. The second kappa shape index (κ2) is 3.39. The summed E-state index contributed by atoms with van der Waals surface area (Å²) in [5.41, 5.74) is 3.33. The molecule has 2 nitrogen and oxygen atoms in total. The maximum Gasteiger partial charge on any atom is 0.217 e. The average molecular weight is 197 g/mol. The van der Waals surface area contributed by atoms with Gasteiger partial charge in [0.25, 0.3) is 0 Å². The Bertz CT molecular complexity index is 479. The minimum absolute atomic E-state index is 0.764. The largest absolute Gasteiger partial charge is 0.477 e. The molecule has 0 amide bonds. The van der Waals surface area contributed by atoms with Crippen LogP contribution >= 0.6 is 0 Å². The molecular formula is C13H11NO. The highest BCUT2D eigenvalue weighted by Gasteiger charge is 2.13. The smallest absolute Gasteiger partial charge is 0.217 e. The van der Waals surface area contributed by atoms with E-state index in [1.54, 1.807) is 0 Å². The minimum Gasteiger partial charge on any atom is -0.477 e. The van der Waals surface area contributed by atoms with E-state index in [1.165, 1.54) is 5.56 Å². The van der Waals surface area contributed by atoms with Crippen LogP contribution in [-0.2, 0) is 6.42 Å². The predicted octanol–water partition coefficient (Wildman–Crippen LogP) is 2.68. The van der Waals surface area contributed by atoms with Gasteiger partial charge in [0.1, 0.15) is 0 Å². The van der Waals surface area contributed by atoms with Gasteiger partial charge < -0.3 is 4.74 Å². The molecule has 1 aliphatic heterocycles. The van der Waals surface area contributed by atoms with E-state index in [-0.39, 0.29) is 0 Å². The van der Waals surface area contributed by atoms with Gasteiger partial charge in [-0.2, -0.15) is 0 Å². The van der Waals surface area contributed by atoms with Crippen molar-refractivity contribution < 1.29 is 4.74 Å². The molecule has 0 unspecified atom stereocenters. The van der Waals surface area contributed by atoms with Gasteiger partial charge >= 0.3 is 0 Å². The lowest BCUT2D eigenvalue weighted by Crippen LogP contribution is -1.89. The summed E-state index contributed by atoms with van der Waals surface area (Å²) in [6.07, 6.45) is 0.984. The van der Waals surface area contributed by atoms with Crippen LogP contribution in [0.3, 0.4) is 0 Å². The van der Waals surface area contributed by atoms with E-state index >= 15 is 0 Å². The van der Waals surface area contributed by atoms with E-state index in [0.717, 1.165) is 30.2 Å². The standard InChI is InChI=1S/C13H11NO/c1-2-4-10(5-3-1)12-7-6-11-8-9-15-13(11)14-12/h1-7H,8-9H2. The topological polar surface area (TPSA) is 22.1 Å². The summed E-state index contributed by atoms with van der Waals surface area (Å²) in [4.78, 5) is 4.50. The maximum atomic E-state index is 5.45. The zero-order valence-corrected chi connectivity index (χ0v) is 8.31. The third-order valence-corrected chi connectivity index (χ3v) is 2.62. The van der Waals surface area contributed by atoms with Crippen LogP contribution in [0.15, 0.2) is 42.5 Å². The molecule has 2 aromatic rings. The van der Waals surface area contributed by atoms with Crippen molar-refractivity contribution in [3.8, 4) is 17.1 Å². The van der Waals surface area contributed by atoms with Crippen LogP contribution in [0.5, 0.6) is 5.88 Å². The second-order valence-corrected chi connectivity index (χ2v) is 3.63. The second-order valence-electron chi connectivity index (χ2n) is 3.63. The molecule has 1 aromatic carbocycles. The first-order valence-electron chi connectivity index (χ1n) is 5.11. The minimum atomic E-state index is 0.764. The van der Waals surface area contributed by atoms with E-state index in [2.05, 4.69) is 29.2 Å². The van der Waals surface area contributed by atoms with Crippen molar-refractivity contribution in [2.75, 3.05) is 6.61 Å². The third-order valence-electron chi connectivity index (χ3n) is 2.62. The van der Waals surface area contributed by atoms with Gasteiger partial charge in [0.15, 0.2) is 0 Å². The van der Waals surface area contributed by atoms with Crippen LogP contribution in [0.1, 0.15) is 5.56 Å². The highest BCUT2D eigenvalue weighted by molar-refractivity contribution is 5.60. The van der Waals surface area contributed by atoms with Gasteiger partial charge in [0.05, 0.1) is 12.3 Å². The Morgan fingerprint density at radius 2 is 1.87 bits per heavy atom. The molecule has 0 fully saturated rings. The van der Waals surface area contributed by atoms with Gasteiger partial charge in [-0.1, -0.05) is 36.4 Å². The number of hydrogen-bond acceptors (Lipinski definition) is 2. The molecule has 0 aliphatic carbocycles. The van der Waals surface area contributed by atoms with Crippen molar-refractivity contribution in [3.05, 3.63) is 48.0 Å². The molecule has 0 bridgehead atoms. The Kier molecular flexibility index (Phi) is 1.91. The highest BCUT2D eigenvalue weighted by Crippen LogP contribution is 2.26. The van der Waals surface area contributed by atoms with Crippen LogP contribution in [0.4, 0.5) is 0 Å². The normalized spacial score (nSPS) is 13.3. The summed E-state index contributed by atoms with van der Waals surface area (Å²) >= 11 is 0. The summed E-state index contributed by atoms with van der Waals surface area (Å²) in [5, 5.41) is 0. The number of pyridine rings is 1. The Balaban J connectivity index is 2.07. The average Bonchev–Trinajstić information content (AvgIpc) is 2.77. The van der Waals surface area contributed by atoms with E-state index in [9.17, 15) is 0 Å². The molecule has 2 heteroatoms. The van der Waals surface area contributed by atoms with Gasteiger partial charge in [-0.25, -0.2) is 4.98 Å². The van der Waals surface area contributed by atoms with Crippen molar-refractivity contribution in [2.45, 2.75) is 6.42 Å². The van der Waals surface area contributed by atoms with Crippen molar-refractivity contribution in [2.24, 2.45) is 0 Å². The fourth-order valence-corrected chi connectivity index (χ4v) is 1.81. The van der Waals surface area contributed by atoms with E-state index < -0.39 is 0 Å². The molecule has 0 spiro atoms.